The number of rotatable bonds is 4. The van der Waals surface area contributed by atoms with E-state index in [-0.39, 0.29) is 16.7 Å². The van der Waals surface area contributed by atoms with Gasteiger partial charge in [0.2, 0.25) is 0 Å². The van der Waals surface area contributed by atoms with Gasteiger partial charge < -0.3 is 5.32 Å². The van der Waals surface area contributed by atoms with Crippen LogP contribution in [-0.2, 0) is 5.41 Å². The number of carbonyl (C=O) groups excluding carboxylic acids is 1. The number of aromatic nitrogens is 2. The second kappa shape index (κ2) is 7.74. The molecule has 1 N–H and O–H groups in total. The van der Waals surface area contributed by atoms with Crippen LogP contribution in [-0.4, -0.2) is 20.6 Å². The largest absolute Gasteiger partial charge is 0.306 e. The molecule has 3 aromatic rings. The Morgan fingerprint density at radius 3 is 2.40 bits per heavy atom. The van der Waals surface area contributed by atoms with Crippen LogP contribution in [0.5, 0.6) is 0 Å². The number of hydrogen-bond donors (Lipinski definition) is 1. The number of nitro groups is 1. The Balaban J connectivity index is 2.06. The van der Waals surface area contributed by atoms with Crippen LogP contribution in [0.2, 0.25) is 0 Å². The Morgan fingerprint density at radius 2 is 1.77 bits per heavy atom. The van der Waals surface area contributed by atoms with E-state index in [1.54, 1.807) is 23.7 Å². The van der Waals surface area contributed by atoms with E-state index in [0.717, 1.165) is 22.5 Å². The molecule has 1 heterocycles. The van der Waals surface area contributed by atoms with E-state index in [1.165, 1.54) is 6.07 Å². The lowest BCUT2D eigenvalue weighted by molar-refractivity contribution is -0.385. The minimum Gasteiger partial charge on any atom is -0.306 e. The minimum absolute atomic E-state index is 0.0823. The number of anilines is 1. The molecular weight excluding hydrogens is 380 g/mol. The first kappa shape index (κ1) is 21.2. The quantitative estimate of drug-likeness (QED) is 0.473. The van der Waals surface area contributed by atoms with Crippen molar-refractivity contribution in [2.24, 2.45) is 0 Å². The molecule has 0 aliphatic rings. The van der Waals surface area contributed by atoms with Crippen molar-refractivity contribution < 1.29 is 9.72 Å². The predicted octanol–water partition coefficient (Wildman–Crippen LogP) is 5.26. The van der Waals surface area contributed by atoms with Gasteiger partial charge in [0.1, 0.15) is 5.82 Å². The first-order valence-corrected chi connectivity index (χ1v) is 9.72. The van der Waals surface area contributed by atoms with Gasteiger partial charge in [0.25, 0.3) is 11.6 Å². The second-order valence-electron chi connectivity index (χ2n) is 8.51. The highest BCUT2D eigenvalue weighted by Gasteiger charge is 2.23. The number of amides is 1. The van der Waals surface area contributed by atoms with Crippen molar-refractivity contribution in [2.75, 3.05) is 5.32 Å². The van der Waals surface area contributed by atoms with Gasteiger partial charge in [-0.2, -0.15) is 5.10 Å². The smallest absolute Gasteiger partial charge is 0.273 e. The molecular formula is C23H26N4O3. The summed E-state index contributed by atoms with van der Waals surface area (Å²) in [6, 6.07) is 12.2. The number of hydrogen-bond acceptors (Lipinski definition) is 4. The number of carbonyl (C=O) groups is 1. The molecule has 1 aromatic heterocycles. The van der Waals surface area contributed by atoms with Crippen LogP contribution < -0.4 is 5.32 Å². The molecule has 0 radical (unpaired) electrons. The van der Waals surface area contributed by atoms with Crippen LogP contribution in [0, 0.1) is 30.9 Å². The first-order valence-electron chi connectivity index (χ1n) is 9.72. The summed E-state index contributed by atoms with van der Waals surface area (Å²) in [5.41, 5.74) is 4.30. The monoisotopic (exact) mass is 406 g/mol. The second-order valence-corrected chi connectivity index (χ2v) is 8.51. The third kappa shape index (κ3) is 4.10. The summed E-state index contributed by atoms with van der Waals surface area (Å²) in [5.74, 6) is 0.0897. The first-order chi connectivity index (χ1) is 14.0. The zero-order chi connectivity index (χ0) is 22.2. The highest BCUT2D eigenvalue weighted by Crippen LogP contribution is 2.29. The maximum absolute atomic E-state index is 12.9. The molecule has 2 aromatic carbocycles. The summed E-state index contributed by atoms with van der Waals surface area (Å²) in [6.07, 6.45) is 0. The van der Waals surface area contributed by atoms with Crippen molar-refractivity contribution in [1.29, 1.82) is 0 Å². The van der Waals surface area contributed by atoms with Gasteiger partial charge in [0.05, 0.1) is 16.3 Å². The molecule has 0 bridgehead atoms. The van der Waals surface area contributed by atoms with Gasteiger partial charge in [0, 0.05) is 28.7 Å². The van der Waals surface area contributed by atoms with Gasteiger partial charge >= 0.3 is 0 Å². The molecule has 30 heavy (non-hydrogen) atoms. The topological polar surface area (TPSA) is 90.1 Å². The fraction of sp³-hybridized carbons (Fsp3) is 0.304. The minimum atomic E-state index is -0.482. The molecule has 0 aliphatic heterocycles. The van der Waals surface area contributed by atoms with E-state index in [9.17, 15) is 14.9 Å². The lowest BCUT2D eigenvalue weighted by Gasteiger charge is -2.15. The SMILES string of the molecule is Cc1ccc(C(=O)Nc2cc(C(C)(C)C)nn2-c2cccc(C)c2C)cc1[N+](=O)[O-]. The number of nitro benzene ring substituents is 1. The van der Waals surface area contributed by atoms with E-state index < -0.39 is 10.8 Å². The molecule has 0 atom stereocenters. The maximum atomic E-state index is 12.9. The van der Waals surface area contributed by atoms with Gasteiger partial charge in [-0.05, 0) is 44.0 Å². The Morgan fingerprint density at radius 1 is 1.07 bits per heavy atom. The molecule has 0 aliphatic carbocycles. The normalized spacial score (nSPS) is 11.4. The van der Waals surface area contributed by atoms with Gasteiger partial charge in [-0.1, -0.05) is 39.0 Å². The molecule has 1 amide bonds. The third-order valence-electron chi connectivity index (χ3n) is 5.19. The predicted molar refractivity (Wildman–Crippen MR) is 118 cm³/mol. The molecule has 7 nitrogen and oxygen atoms in total. The molecule has 0 unspecified atom stereocenters. The number of aryl methyl sites for hydroxylation is 2. The van der Waals surface area contributed by atoms with Crippen LogP contribution in [0.15, 0.2) is 42.5 Å². The zero-order valence-corrected chi connectivity index (χ0v) is 18.1. The summed E-state index contributed by atoms with van der Waals surface area (Å²) < 4.78 is 1.73. The molecule has 0 saturated carbocycles. The molecule has 3 rings (SSSR count). The summed E-state index contributed by atoms with van der Waals surface area (Å²) in [4.78, 5) is 23.7. The summed E-state index contributed by atoms with van der Waals surface area (Å²) in [6.45, 7) is 11.8. The summed E-state index contributed by atoms with van der Waals surface area (Å²) in [7, 11) is 0. The van der Waals surface area contributed by atoms with Crippen LogP contribution in [0.4, 0.5) is 11.5 Å². The molecule has 0 spiro atoms. The fourth-order valence-corrected chi connectivity index (χ4v) is 3.12. The number of benzene rings is 2. The maximum Gasteiger partial charge on any atom is 0.273 e. The number of nitrogens with one attached hydrogen (secondary N) is 1. The average Bonchev–Trinajstić information content (AvgIpc) is 3.08. The standard InChI is InChI=1S/C23H26N4O3/c1-14-8-7-9-18(16(14)3)26-21(13-20(25-26)23(4,5)6)24-22(28)17-11-10-15(2)19(12-17)27(29)30/h7-13H,1-6H3,(H,24,28). The van der Waals surface area contributed by atoms with Crippen LogP contribution >= 0.6 is 0 Å². The lowest BCUT2D eigenvalue weighted by Crippen LogP contribution is -2.16. The van der Waals surface area contributed by atoms with E-state index in [4.69, 9.17) is 5.10 Å². The van der Waals surface area contributed by atoms with E-state index >= 15 is 0 Å². The third-order valence-corrected chi connectivity index (χ3v) is 5.19. The van der Waals surface area contributed by atoms with Gasteiger partial charge in [-0.25, -0.2) is 4.68 Å². The Bertz CT molecular complexity index is 1140. The highest BCUT2D eigenvalue weighted by molar-refractivity contribution is 6.04. The average molecular weight is 406 g/mol. The number of nitrogens with zero attached hydrogens (tertiary/aromatic N) is 3. The van der Waals surface area contributed by atoms with E-state index in [0.29, 0.717) is 11.4 Å². The molecule has 0 saturated heterocycles. The summed E-state index contributed by atoms with van der Waals surface area (Å²) >= 11 is 0. The molecule has 156 valence electrons. The van der Waals surface area contributed by atoms with Crippen molar-refractivity contribution in [3.63, 3.8) is 0 Å². The Hall–Kier alpha value is -3.48. The Kier molecular flexibility index (Phi) is 5.48. The van der Waals surface area contributed by atoms with Crippen molar-refractivity contribution in [3.05, 3.63) is 80.5 Å². The van der Waals surface area contributed by atoms with Crippen LogP contribution in [0.3, 0.4) is 0 Å². The van der Waals surface area contributed by atoms with Gasteiger partial charge in [-0.15, -0.1) is 0 Å². The van der Waals surface area contributed by atoms with Crippen molar-refractivity contribution in [2.45, 2.75) is 47.0 Å². The summed E-state index contributed by atoms with van der Waals surface area (Å²) in [5, 5.41) is 18.9. The highest BCUT2D eigenvalue weighted by atomic mass is 16.6. The van der Waals surface area contributed by atoms with Crippen LogP contribution in [0.25, 0.3) is 5.69 Å². The van der Waals surface area contributed by atoms with Crippen molar-refractivity contribution >= 4 is 17.4 Å². The Labute approximate surface area is 175 Å². The van der Waals surface area contributed by atoms with Crippen LogP contribution in [0.1, 0.15) is 53.5 Å². The van der Waals surface area contributed by atoms with Gasteiger partial charge in [0.15, 0.2) is 0 Å². The van der Waals surface area contributed by atoms with Gasteiger partial charge in [-0.3, -0.25) is 14.9 Å². The van der Waals surface area contributed by atoms with E-state index in [1.807, 2.05) is 38.1 Å². The molecule has 0 fully saturated rings. The van der Waals surface area contributed by atoms with Crippen molar-refractivity contribution in [1.82, 2.24) is 9.78 Å². The lowest BCUT2D eigenvalue weighted by atomic mass is 9.92. The van der Waals surface area contributed by atoms with E-state index in [2.05, 4.69) is 26.1 Å². The van der Waals surface area contributed by atoms with Crippen molar-refractivity contribution in [3.8, 4) is 5.69 Å². The fourth-order valence-electron chi connectivity index (χ4n) is 3.12. The molecule has 7 heteroatoms. The zero-order valence-electron chi connectivity index (χ0n) is 18.1.